The summed E-state index contributed by atoms with van der Waals surface area (Å²) in [5.41, 5.74) is 7.16. The molecule has 0 aliphatic carbocycles. The second kappa shape index (κ2) is 4.28. The Balaban J connectivity index is 1.98. The van der Waals surface area contributed by atoms with Crippen LogP contribution in [-0.2, 0) is 0 Å². The van der Waals surface area contributed by atoms with E-state index in [4.69, 9.17) is 5.73 Å². The van der Waals surface area contributed by atoms with Crippen molar-refractivity contribution < 1.29 is 4.39 Å². The first-order valence-corrected chi connectivity index (χ1v) is 6.48. The summed E-state index contributed by atoms with van der Waals surface area (Å²) in [5, 5.41) is 2.55. The second-order valence-electron chi connectivity index (χ2n) is 4.88. The van der Waals surface area contributed by atoms with Gasteiger partial charge in [0.25, 0.3) is 0 Å². The van der Waals surface area contributed by atoms with E-state index in [1.165, 1.54) is 12.1 Å². The molecular formula is C16H11FN4. The normalized spacial score (nSPS) is 11.3. The van der Waals surface area contributed by atoms with Crippen molar-refractivity contribution in [3.8, 4) is 5.82 Å². The molecule has 3 aromatic heterocycles. The lowest BCUT2D eigenvalue weighted by Gasteiger charge is -2.07. The van der Waals surface area contributed by atoms with Gasteiger partial charge in [-0.25, -0.2) is 9.37 Å². The molecule has 0 amide bonds. The fourth-order valence-corrected chi connectivity index (χ4v) is 2.54. The van der Waals surface area contributed by atoms with Crippen molar-refractivity contribution in [3.05, 3.63) is 60.9 Å². The summed E-state index contributed by atoms with van der Waals surface area (Å²) in [6, 6.07) is 8.51. The van der Waals surface area contributed by atoms with Crippen LogP contribution in [-0.4, -0.2) is 14.5 Å². The zero-order chi connectivity index (χ0) is 14.4. The molecule has 0 radical (unpaired) electrons. The highest BCUT2D eigenvalue weighted by molar-refractivity contribution is 5.93. The van der Waals surface area contributed by atoms with Crippen LogP contribution in [0.15, 0.2) is 55.1 Å². The fourth-order valence-electron chi connectivity index (χ4n) is 2.54. The molecule has 0 aliphatic rings. The highest BCUT2D eigenvalue weighted by Crippen LogP contribution is 2.25. The fraction of sp³-hybridized carbons (Fsp3) is 0. The van der Waals surface area contributed by atoms with Crippen LogP contribution in [0.4, 0.5) is 10.1 Å². The van der Waals surface area contributed by atoms with Crippen LogP contribution in [0.2, 0.25) is 0 Å². The molecule has 4 aromatic rings. The summed E-state index contributed by atoms with van der Waals surface area (Å²) in [7, 11) is 0. The van der Waals surface area contributed by atoms with E-state index < -0.39 is 0 Å². The van der Waals surface area contributed by atoms with Gasteiger partial charge in [-0.15, -0.1) is 0 Å². The van der Waals surface area contributed by atoms with Crippen LogP contribution in [0.25, 0.3) is 27.5 Å². The van der Waals surface area contributed by atoms with Gasteiger partial charge in [-0.2, -0.15) is 0 Å². The number of fused-ring (bicyclic) bond motifs is 2. The minimum atomic E-state index is -0.351. The Labute approximate surface area is 119 Å². The third kappa shape index (κ3) is 1.82. The molecule has 0 bridgehead atoms. The van der Waals surface area contributed by atoms with E-state index in [1.54, 1.807) is 18.6 Å². The van der Waals surface area contributed by atoms with Gasteiger partial charge in [-0.1, -0.05) is 0 Å². The summed E-state index contributed by atoms with van der Waals surface area (Å²) in [4.78, 5) is 8.56. The van der Waals surface area contributed by atoms with E-state index in [2.05, 4.69) is 9.97 Å². The van der Waals surface area contributed by atoms with Gasteiger partial charge < -0.3 is 5.73 Å². The number of rotatable bonds is 1. The lowest BCUT2D eigenvalue weighted by molar-refractivity contribution is 0.630. The molecule has 2 N–H and O–H groups in total. The first-order chi connectivity index (χ1) is 10.2. The molecule has 0 unspecified atom stereocenters. The molecule has 21 heavy (non-hydrogen) atoms. The summed E-state index contributed by atoms with van der Waals surface area (Å²) >= 11 is 0. The van der Waals surface area contributed by atoms with E-state index in [0.29, 0.717) is 11.5 Å². The highest BCUT2D eigenvalue weighted by atomic mass is 19.1. The predicted molar refractivity (Wildman–Crippen MR) is 80.7 cm³/mol. The molecule has 0 saturated carbocycles. The molecule has 102 valence electrons. The molecule has 0 fully saturated rings. The van der Waals surface area contributed by atoms with Gasteiger partial charge in [-0.3, -0.25) is 9.55 Å². The number of nitrogen functional groups attached to an aromatic ring is 1. The van der Waals surface area contributed by atoms with E-state index in [-0.39, 0.29) is 5.82 Å². The minimum Gasteiger partial charge on any atom is -0.398 e. The molecule has 4 nitrogen and oxygen atoms in total. The highest BCUT2D eigenvalue weighted by Gasteiger charge is 2.07. The van der Waals surface area contributed by atoms with Crippen LogP contribution < -0.4 is 5.73 Å². The standard InChI is InChI=1S/C16H11FN4/c17-12-5-11-6-16(20-8-13(11)14(18)7-12)21-4-2-10-1-3-19-9-15(10)21/h1-9H,18H2. The lowest BCUT2D eigenvalue weighted by Crippen LogP contribution is -1.97. The molecule has 0 aliphatic heterocycles. The Morgan fingerprint density at radius 1 is 1.05 bits per heavy atom. The maximum absolute atomic E-state index is 13.5. The number of aromatic nitrogens is 3. The summed E-state index contributed by atoms with van der Waals surface area (Å²) in [6.45, 7) is 0. The summed E-state index contributed by atoms with van der Waals surface area (Å²) < 4.78 is 15.4. The third-order valence-corrected chi connectivity index (χ3v) is 3.56. The third-order valence-electron chi connectivity index (χ3n) is 3.56. The number of anilines is 1. The number of nitrogens with zero attached hydrogens (tertiary/aromatic N) is 3. The van der Waals surface area contributed by atoms with Crippen LogP contribution in [0, 0.1) is 5.82 Å². The van der Waals surface area contributed by atoms with Gasteiger partial charge >= 0.3 is 0 Å². The summed E-state index contributed by atoms with van der Waals surface area (Å²) in [6.07, 6.45) is 7.11. The van der Waals surface area contributed by atoms with Gasteiger partial charge in [0.2, 0.25) is 0 Å². The molecule has 3 heterocycles. The number of halogens is 1. The zero-order valence-corrected chi connectivity index (χ0v) is 11.0. The second-order valence-corrected chi connectivity index (χ2v) is 4.88. The van der Waals surface area contributed by atoms with Crippen LogP contribution in [0.3, 0.4) is 0 Å². The van der Waals surface area contributed by atoms with E-state index in [9.17, 15) is 4.39 Å². The molecule has 0 atom stereocenters. The van der Waals surface area contributed by atoms with E-state index in [1.807, 2.05) is 29.0 Å². The SMILES string of the molecule is Nc1cc(F)cc2cc(-n3ccc4ccncc43)ncc12. The first kappa shape index (κ1) is 11.8. The molecule has 5 heteroatoms. The van der Waals surface area contributed by atoms with Gasteiger partial charge in [0.05, 0.1) is 11.7 Å². The van der Waals surface area contributed by atoms with Crippen LogP contribution in [0.5, 0.6) is 0 Å². The Morgan fingerprint density at radius 2 is 1.95 bits per heavy atom. The zero-order valence-electron chi connectivity index (χ0n) is 11.0. The average Bonchev–Trinajstić information content (AvgIpc) is 2.90. The van der Waals surface area contributed by atoms with Gasteiger partial charge in [0, 0.05) is 35.1 Å². The number of nitrogens with two attached hydrogens (primary N) is 1. The molecule has 4 rings (SSSR count). The molecule has 1 aromatic carbocycles. The Kier molecular flexibility index (Phi) is 2.41. The van der Waals surface area contributed by atoms with Crippen molar-refractivity contribution in [2.24, 2.45) is 0 Å². The number of benzene rings is 1. The van der Waals surface area contributed by atoms with Gasteiger partial charge in [-0.05, 0) is 35.7 Å². The van der Waals surface area contributed by atoms with Crippen LogP contribution >= 0.6 is 0 Å². The van der Waals surface area contributed by atoms with Crippen molar-refractivity contribution in [3.63, 3.8) is 0 Å². The first-order valence-electron chi connectivity index (χ1n) is 6.48. The smallest absolute Gasteiger partial charge is 0.137 e. The van der Waals surface area contributed by atoms with Crippen molar-refractivity contribution >= 4 is 27.4 Å². The molecule has 0 saturated heterocycles. The lowest BCUT2D eigenvalue weighted by atomic mass is 10.1. The maximum Gasteiger partial charge on any atom is 0.137 e. The monoisotopic (exact) mass is 278 g/mol. The van der Waals surface area contributed by atoms with E-state index in [0.717, 1.165) is 21.7 Å². The van der Waals surface area contributed by atoms with Crippen molar-refractivity contribution in [1.82, 2.24) is 14.5 Å². The van der Waals surface area contributed by atoms with Crippen LogP contribution in [0.1, 0.15) is 0 Å². The molecule has 0 spiro atoms. The summed E-state index contributed by atoms with van der Waals surface area (Å²) in [5.74, 6) is 0.353. The largest absolute Gasteiger partial charge is 0.398 e. The van der Waals surface area contributed by atoms with E-state index >= 15 is 0 Å². The number of pyridine rings is 2. The Morgan fingerprint density at radius 3 is 2.86 bits per heavy atom. The van der Waals surface area contributed by atoms with Gasteiger partial charge in [0.1, 0.15) is 11.6 Å². The Bertz CT molecular complexity index is 975. The van der Waals surface area contributed by atoms with Crippen molar-refractivity contribution in [2.75, 3.05) is 5.73 Å². The minimum absolute atomic E-state index is 0.351. The van der Waals surface area contributed by atoms with Crippen molar-refractivity contribution in [1.29, 1.82) is 0 Å². The van der Waals surface area contributed by atoms with Gasteiger partial charge in [0.15, 0.2) is 0 Å². The average molecular weight is 278 g/mol. The number of hydrogen-bond donors (Lipinski definition) is 1. The van der Waals surface area contributed by atoms with Crippen molar-refractivity contribution in [2.45, 2.75) is 0 Å². The quantitative estimate of drug-likeness (QED) is 0.543. The Hall–Kier alpha value is -2.95. The topological polar surface area (TPSA) is 56.7 Å². The maximum atomic E-state index is 13.5. The molecular weight excluding hydrogens is 267 g/mol. The predicted octanol–water partition coefficient (Wildman–Crippen LogP) is 3.30. The number of hydrogen-bond acceptors (Lipinski definition) is 3.